The minimum Gasteiger partial charge on any atom is -0.410 e. The number of rotatable bonds is 1. The molecule has 0 saturated heterocycles. The third-order valence-corrected chi connectivity index (χ3v) is 2.22. The number of hydrogen-bond acceptors (Lipinski definition) is 2. The molecule has 0 unspecified atom stereocenters. The van der Waals surface area contributed by atoms with Crippen LogP contribution in [-0.4, -0.2) is 11.0 Å². The van der Waals surface area contributed by atoms with Gasteiger partial charge in [0.2, 0.25) is 0 Å². The molecule has 0 fully saturated rings. The Labute approximate surface area is 94.6 Å². The van der Waals surface area contributed by atoms with Gasteiger partial charge in [0.15, 0.2) is 0 Å². The van der Waals surface area contributed by atoms with Gasteiger partial charge < -0.3 is 4.74 Å². The number of benzene rings is 1. The third kappa shape index (κ3) is 2.51. The molecule has 1 amide bonds. The van der Waals surface area contributed by atoms with Crippen molar-refractivity contribution < 1.29 is 9.53 Å². The maximum absolute atomic E-state index is 11.7. The van der Waals surface area contributed by atoms with Gasteiger partial charge in [-0.2, -0.15) is 0 Å². The van der Waals surface area contributed by atoms with Crippen LogP contribution in [0.3, 0.4) is 0 Å². The van der Waals surface area contributed by atoms with Crippen molar-refractivity contribution in [2.45, 2.75) is 13.3 Å². The Balaban J connectivity index is 2.04. The summed E-state index contributed by atoms with van der Waals surface area (Å²) in [4.78, 5) is 13.2. The van der Waals surface area contributed by atoms with E-state index in [-0.39, 0.29) is 6.09 Å². The first-order chi connectivity index (χ1) is 7.75. The van der Waals surface area contributed by atoms with E-state index in [0.29, 0.717) is 5.75 Å². The van der Waals surface area contributed by atoms with Gasteiger partial charge >= 0.3 is 6.09 Å². The van der Waals surface area contributed by atoms with Crippen LogP contribution in [0.4, 0.5) is 4.79 Å². The van der Waals surface area contributed by atoms with Crippen molar-refractivity contribution >= 4 is 6.09 Å². The molecule has 0 aliphatic carbocycles. The lowest BCUT2D eigenvalue weighted by Gasteiger charge is -2.17. The number of carbonyl (C=O) groups excluding carboxylic acids is 1. The molecule has 0 saturated carbocycles. The zero-order chi connectivity index (χ0) is 11.4. The number of nitrogens with zero attached hydrogens (tertiary/aromatic N) is 1. The van der Waals surface area contributed by atoms with Gasteiger partial charge in [0, 0.05) is 12.4 Å². The van der Waals surface area contributed by atoms with Crippen LogP contribution in [0, 0.1) is 0 Å². The van der Waals surface area contributed by atoms with Gasteiger partial charge in [-0.1, -0.05) is 29.8 Å². The van der Waals surface area contributed by atoms with E-state index in [9.17, 15) is 4.79 Å². The largest absolute Gasteiger partial charge is 0.423 e. The van der Waals surface area contributed by atoms with Crippen LogP contribution in [0.25, 0.3) is 0 Å². The first kappa shape index (κ1) is 10.5. The first-order valence-electron chi connectivity index (χ1n) is 5.15. The quantitative estimate of drug-likeness (QED) is 0.719. The molecule has 3 heteroatoms. The molecule has 0 spiro atoms. The first-order valence-corrected chi connectivity index (χ1v) is 5.15. The van der Waals surface area contributed by atoms with E-state index in [4.69, 9.17) is 4.74 Å². The Morgan fingerprint density at radius 3 is 2.75 bits per heavy atom. The molecule has 0 N–H and O–H groups in total. The molecule has 1 aromatic rings. The van der Waals surface area contributed by atoms with Crippen molar-refractivity contribution in [1.82, 2.24) is 4.90 Å². The second-order valence-electron chi connectivity index (χ2n) is 3.65. The summed E-state index contributed by atoms with van der Waals surface area (Å²) in [5, 5.41) is 0. The Morgan fingerprint density at radius 1 is 1.31 bits per heavy atom. The van der Waals surface area contributed by atoms with Crippen LogP contribution in [0.1, 0.15) is 13.3 Å². The fraction of sp³-hybridized carbons (Fsp3) is 0.154. The Bertz CT molecular complexity index is 435. The lowest BCUT2D eigenvalue weighted by molar-refractivity contribution is 0.181. The number of allylic oxidation sites excluding steroid dienone is 2. The summed E-state index contributed by atoms with van der Waals surface area (Å²) in [6, 6.07) is 9.04. The highest BCUT2D eigenvalue weighted by Crippen LogP contribution is 2.15. The van der Waals surface area contributed by atoms with Crippen LogP contribution in [0.5, 0.6) is 5.75 Å². The zero-order valence-electron chi connectivity index (χ0n) is 9.09. The molecule has 0 bridgehead atoms. The van der Waals surface area contributed by atoms with E-state index in [0.717, 1.165) is 12.0 Å². The van der Waals surface area contributed by atoms with Gasteiger partial charge in [-0.25, -0.2) is 4.79 Å². The molecule has 82 valence electrons. The number of carbonyl (C=O) groups is 1. The number of para-hydroxylation sites is 1. The molecule has 2 rings (SSSR count). The molecule has 0 radical (unpaired) electrons. The minimum absolute atomic E-state index is 0.387. The molecule has 0 aromatic heterocycles. The van der Waals surface area contributed by atoms with E-state index in [2.05, 4.69) is 0 Å². The fourth-order valence-electron chi connectivity index (χ4n) is 1.44. The van der Waals surface area contributed by atoms with Crippen molar-refractivity contribution in [3.05, 3.63) is 54.4 Å². The fourth-order valence-corrected chi connectivity index (χ4v) is 1.44. The Hall–Kier alpha value is -2.03. The van der Waals surface area contributed by atoms with Crippen LogP contribution < -0.4 is 4.74 Å². The maximum Gasteiger partial charge on any atom is 0.423 e. The van der Waals surface area contributed by atoms with E-state index in [1.807, 2.05) is 31.2 Å². The van der Waals surface area contributed by atoms with Crippen molar-refractivity contribution in [2.24, 2.45) is 0 Å². The highest BCUT2D eigenvalue weighted by molar-refractivity contribution is 5.73. The second kappa shape index (κ2) is 4.66. The Morgan fingerprint density at radius 2 is 2.06 bits per heavy atom. The number of hydrogen-bond donors (Lipinski definition) is 0. The smallest absolute Gasteiger partial charge is 0.410 e. The van der Waals surface area contributed by atoms with E-state index in [1.165, 1.54) is 4.90 Å². The summed E-state index contributed by atoms with van der Waals surface area (Å²) in [7, 11) is 0. The Kier molecular flexibility index (Phi) is 3.05. The van der Waals surface area contributed by atoms with E-state index >= 15 is 0 Å². The predicted molar refractivity (Wildman–Crippen MR) is 61.8 cm³/mol. The van der Waals surface area contributed by atoms with Crippen LogP contribution in [0.15, 0.2) is 54.4 Å². The van der Waals surface area contributed by atoms with Crippen LogP contribution in [-0.2, 0) is 0 Å². The summed E-state index contributed by atoms with van der Waals surface area (Å²) in [5.74, 6) is 0.553. The highest BCUT2D eigenvalue weighted by Gasteiger charge is 2.13. The van der Waals surface area contributed by atoms with Gasteiger partial charge in [0.05, 0.1) is 0 Å². The molecule has 1 aliphatic rings. The summed E-state index contributed by atoms with van der Waals surface area (Å²) in [6.07, 6.45) is 5.93. The van der Waals surface area contributed by atoms with Gasteiger partial charge in [0.25, 0.3) is 0 Å². The molecule has 1 aromatic carbocycles. The van der Waals surface area contributed by atoms with Gasteiger partial charge in [0.1, 0.15) is 5.75 Å². The van der Waals surface area contributed by atoms with Crippen LogP contribution in [0.2, 0.25) is 0 Å². The highest BCUT2D eigenvalue weighted by atomic mass is 16.6. The van der Waals surface area contributed by atoms with Crippen molar-refractivity contribution in [3.8, 4) is 5.75 Å². The molecule has 3 nitrogen and oxygen atoms in total. The standard InChI is InChI=1S/C13H13NO2/c1-11-6-5-9-14(10-11)13(15)16-12-7-3-2-4-8-12/h2-5,7-10H,6H2,1H3. The van der Waals surface area contributed by atoms with E-state index < -0.39 is 0 Å². The number of ether oxygens (including phenoxy) is 1. The van der Waals surface area contributed by atoms with Crippen molar-refractivity contribution in [2.75, 3.05) is 0 Å². The molecule has 1 heterocycles. The summed E-state index contributed by atoms with van der Waals surface area (Å²) in [5.41, 5.74) is 1.13. The zero-order valence-corrected chi connectivity index (χ0v) is 9.09. The normalized spacial score (nSPS) is 14.6. The van der Waals surface area contributed by atoms with E-state index in [1.54, 1.807) is 24.5 Å². The summed E-state index contributed by atoms with van der Waals surface area (Å²) in [6.45, 7) is 1.98. The van der Waals surface area contributed by atoms with Crippen molar-refractivity contribution in [3.63, 3.8) is 0 Å². The predicted octanol–water partition coefficient (Wildman–Crippen LogP) is 3.31. The average molecular weight is 215 g/mol. The second-order valence-corrected chi connectivity index (χ2v) is 3.65. The monoisotopic (exact) mass is 215 g/mol. The van der Waals surface area contributed by atoms with Gasteiger partial charge in [-0.3, -0.25) is 4.90 Å². The molecular formula is C13H13NO2. The maximum atomic E-state index is 11.7. The van der Waals surface area contributed by atoms with Gasteiger partial charge in [-0.15, -0.1) is 0 Å². The molecule has 16 heavy (non-hydrogen) atoms. The SMILES string of the molecule is CC1=CN(C(=O)Oc2ccccc2)C=CC1. The molecule has 0 atom stereocenters. The van der Waals surface area contributed by atoms with Crippen molar-refractivity contribution in [1.29, 1.82) is 0 Å². The minimum atomic E-state index is -0.387. The lowest BCUT2D eigenvalue weighted by atomic mass is 10.2. The summed E-state index contributed by atoms with van der Waals surface area (Å²) >= 11 is 0. The number of amides is 1. The topological polar surface area (TPSA) is 29.5 Å². The summed E-state index contributed by atoms with van der Waals surface area (Å²) < 4.78 is 5.19. The average Bonchev–Trinajstić information content (AvgIpc) is 2.30. The van der Waals surface area contributed by atoms with Gasteiger partial charge in [-0.05, 0) is 25.5 Å². The lowest BCUT2D eigenvalue weighted by Crippen LogP contribution is -2.25. The molecular weight excluding hydrogens is 202 g/mol. The third-order valence-electron chi connectivity index (χ3n) is 2.22. The molecule has 1 aliphatic heterocycles. The van der Waals surface area contributed by atoms with Crippen LogP contribution >= 0.6 is 0 Å².